The molecule has 18 heavy (non-hydrogen) atoms. The van der Waals surface area contributed by atoms with Crippen LogP contribution in [0.25, 0.3) is 0 Å². The zero-order valence-corrected chi connectivity index (χ0v) is 10.3. The number of piperidine rings is 1. The third kappa shape index (κ3) is 2.73. The number of rotatable bonds is 3. The summed E-state index contributed by atoms with van der Waals surface area (Å²) in [6.45, 7) is 2.22. The summed E-state index contributed by atoms with van der Waals surface area (Å²) < 4.78 is 0. The summed E-state index contributed by atoms with van der Waals surface area (Å²) in [6.07, 6.45) is 2.05. The summed E-state index contributed by atoms with van der Waals surface area (Å²) in [4.78, 5) is 2.29. The van der Waals surface area contributed by atoms with Crippen LogP contribution in [0.3, 0.4) is 0 Å². The highest BCUT2D eigenvalue weighted by Gasteiger charge is 2.18. The fourth-order valence-corrected chi connectivity index (χ4v) is 2.27. The van der Waals surface area contributed by atoms with E-state index >= 15 is 0 Å². The van der Waals surface area contributed by atoms with Crippen molar-refractivity contribution < 1.29 is 10.3 Å². The van der Waals surface area contributed by atoms with Gasteiger partial charge < -0.3 is 20.9 Å². The molecule has 1 aromatic carbocycles. The molecular formula is C13H19N3O2. The Labute approximate surface area is 107 Å². The third-order valence-electron chi connectivity index (χ3n) is 3.51. The average molecular weight is 249 g/mol. The quantitative estimate of drug-likeness (QED) is 0.323. The summed E-state index contributed by atoms with van der Waals surface area (Å²) in [7, 11) is 0. The molecule has 98 valence electrons. The molecule has 2 rings (SSSR count). The fourth-order valence-electron chi connectivity index (χ4n) is 2.27. The summed E-state index contributed by atoms with van der Waals surface area (Å²) >= 11 is 0. The lowest BCUT2D eigenvalue weighted by Crippen LogP contribution is -2.34. The Morgan fingerprint density at radius 2 is 1.89 bits per heavy atom. The van der Waals surface area contributed by atoms with E-state index in [1.54, 1.807) is 0 Å². The van der Waals surface area contributed by atoms with E-state index in [0.29, 0.717) is 11.5 Å². The Morgan fingerprint density at radius 3 is 2.39 bits per heavy atom. The first kappa shape index (κ1) is 12.7. The van der Waals surface area contributed by atoms with Crippen LogP contribution in [0.15, 0.2) is 29.4 Å². The van der Waals surface area contributed by atoms with Gasteiger partial charge in [-0.3, -0.25) is 0 Å². The number of nitrogens with zero attached hydrogens (tertiary/aromatic N) is 2. The lowest BCUT2D eigenvalue weighted by Gasteiger charge is -2.32. The monoisotopic (exact) mass is 249 g/mol. The van der Waals surface area contributed by atoms with Crippen molar-refractivity contribution in [1.29, 1.82) is 0 Å². The number of anilines is 1. The Hall–Kier alpha value is -1.75. The van der Waals surface area contributed by atoms with Crippen LogP contribution < -0.4 is 10.6 Å². The van der Waals surface area contributed by atoms with Gasteiger partial charge in [0.1, 0.15) is 0 Å². The van der Waals surface area contributed by atoms with Crippen LogP contribution >= 0.6 is 0 Å². The molecule has 0 saturated carbocycles. The molecule has 1 saturated heterocycles. The molecule has 1 aromatic rings. The van der Waals surface area contributed by atoms with Crippen LogP contribution in [0, 0.1) is 5.92 Å². The van der Waals surface area contributed by atoms with Crippen molar-refractivity contribution in [2.45, 2.75) is 12.8 Å². The predicted octanol–water partition coefficient (Wildman–Crippen LogP) is 0.990. The van der Waals surface area contributed by atoms with Gasteiger partial charge in [0, 0.05) is 30.9 Å². The Kier molecular flexibility index (Phi) is 4.04. The number of hydrogen-bond acceptors (Lipinski definition) is 4. The minimum Gasteiger partial charge on any atom is -0.409 e. The lowest BCUT2D eigenvalue weighted by atomic mass is 9.97. The molecule has 1 aliphatic rings. The van der Waals surface area contributed by atoms with Crippen molar-refractivity contribution in [2.24, 2.45) is 16.8 Å². The first-order chi connectivity index (χ1) is 8.74. The van der Waals surface area contributed by atoms with E-state index in [1.807, 2.05) is 24.3 Å². The number of amidine groups is 1. The average Bonchev–Trinajstić information content (AvgIpc) is 2.47. The zero-order valence-electron chi connectivity index (χ0n) is 10.3. The topological polar surface area (TPSA) is 82.1 Å². The van der Waals surface area contributed by atoms with Crippen LogP contribution in [-0.2, 0) is 0 Å². The molecule has 5 nitrogen and oxygen atoms in total. The second kappa shape index (κ2) is 5.73. The van der Waals surface area contributed by atoms with E-state index < -0.39 is 0 Å². The maximum atomic E-state index is 9.10. The maximum absolute atomic E-state index is 9.10. The predicted molar refractivity (Wildman–Crippen MR) is 71.0 cm³/mol. The van der Waals surface area contributed by atoms with Gasteiger partial charge in [-0.15, -0.1) is 0 Å². The van der Waals surface area contributed by atoms with Crippen LogP contribution in [0.2, 0.25) is 0 Å². The molecule has 0 bridgehead atoms. The first-order valence-electron chi connectivity index (χ1n) is 6.18. The summed E-state index contributed by atoms with van der Waals surface area (Å²) in [6, 6.07) is 7.66. The second-order valence-electron chi connectivity index (χ2n) is 4.65. The van der Waals surface area contributed by atoms with Gasteiger partial charge in [-0.2, -0.15) is 0 Å². The van der Waals surface area contributed by atoms with Crippen molar-refractivity contribution in [3.05, 3.63) is 29.8 Å². The van der Waals surface area contributed by atoms with Gasteiger partial charge in [0.15, 0.2) is 5.84 Å². The number of aliphatic hydroxyl groups excluding tert-OH is 1. The number of aliphatic hydroxyl groups is 1. The normalized spacial score (nSPS) is 18.1. The SMILES string of the molecule is N/C(=N\O)c1ccc(N2CCC(CO)CC2)cc1. The van der Waals surface area contributed by atoms with Gasteiger partial charge >= 0.3 is 0 Å². The fraction of sp³-hybridized carbons (Fsp3) is 0.462. The number of nitrogens with two attached hydrogens (primary N) is 1. The standard InChI is InChI=1S/C13H19N3O2/c14-13(15-18)11-1-3-12(4-2-11)16-7-5-10(9-17)6-8-16/h1-4,10,17-18H,5-9H2,(H2,14,15). The van der Waals surface area contributed by atoms with Crippen LogP contribution in [0.5, 0.6) is 0 Å². The molecule has 0 radical (unpaired) electrons. The van der Waals surface area contributed by atoms with Crippen LogP contribution in [0.4, 0.5) is 5.69 Å². The van der Waals surface area contributed by atoms with E-state index in [4.69, 9.17) is 16.0 Å². The third-order valence-corrected chi connectivity index (χ3v) is 3.51. The maximum Gasteiger partial charge on any atom is 0.170 e. The summed E-state index contributed by atoms with van der Waals surface area (Å²) in [5.74, 6) is 0.568. The second-order valence-corrected chi connectivity index (χ2v) is 4.65. The molecule has 0 atom stereocenters. The van der Waals surface area contributed by atoms with Crippen molar-refractivity contribution in [3.8, 4) is 0 Å². The van der Waals surface area contributed by atoms with Gasteiger partial charge in [-0.1, -0.05) is 5.16 Å². The molecule has 0 aliphatic carbocycles. The Morgan fingerprint density at radius 1 is 1.28 bits per heavy atom. The van der Waals surface area contributed by atoms with Crippen molar-refractivity contribution in [2.75, 3.05) is 24.6 Å². The Balaban J connectivity index is 2.02. The summed E-state index contributed by atoms with van der Waals surface area (Å²) in [5, 5.41) is 20.7. The smallest absolute Gasteiger partial charge is 0.170 e. The van der Waals surface area contributed by atoms with Gasteiger partial charge in [0.25, 0.3) is 0 Å². The molecule has 0 spiro atoms. The molecule has 0 amide bonds. The molecule has 1 heterocycles. The lowest BCUT2D eigenvalue weighted by molar-refractivity contribution is 0.203. The number of oxime groups is 1. The van der Waals surface area contributed by atoms with Crippen molar-refractivity contribution in [1.82, 2.24) is 0 Å². The molecular weight excluding hydrogens is 230 g/mol. The summed E-state index contributed by atoms with van der Waals surface area (Å²) in [5.41, 5.74) is 7.37. The molecule has 1 fully saturated rings. The molecule has 0 unspecified atom stereocenters. The van der Waals surface area contributed by atoms with Gasteiger partial charge in [0.05, 0.1) is 0 Å². The first-order valence-corrected chi connectivity index (χ1v) is 6.18. The molecule has 0 aromatic heterocycles. The van der Waals surface area contributed by atoms with Gasteiger partial charge in [0.2, 0.25) is 0 Å². The van der Waals surface area contributed by atoms with E-state index in [9.17, 15) is 0 Å². The van der Waals surface area contributed by atoms with E-state index in [0.717, 1.165) is 31.6 Å². The largest absolute Gasteiger partial charge is 0.409 e. The van der Waals surface area contributed by atoms with Crippen molar-refractivity contribution >= 4 is 11.5 Å². The van der Waals surface area contributed by atoms with E-state index in [1.165, 1.54) is 0 Å². The van der Waals surface area contributed by atoms with Gasteiger partial charge in [-0.05, 0) is 43.0 Å². The van der Waals surface area contributed by atoms with Crippen LogP contribution in [-0.4, -0.2) is 35.8 Å². The van der Waals surface area contributed by atoms with Crippen LogP contribution in [0.1, 0.15) is 18.4 Å². The molecule has 5 heteroatoms. The minimum absolute atomic E-state index is 0.125. The number of hydrogen-bond donors (Lipinski definition) is 3. The van der Waals surface area contributed by atoms with E-state index in [-0.39, 0.29) is 12.4 Å². The zero-order chi connectivity index (χ0) is 13.0. The number of benzene rings is 1. The highest BCUT2D eigenvalue weighted by molar-refractivity contribution is 5.97. The highest BCUT2D eigenvalue weighted by atomic mass is 16.4. The van der Waals surface area contributed by atoms with Gasteiger partial charge in [-0.25, -0.2) is 0 Å². The molecule has 4 N–H and O–H groups in total. The molecule has 1 aliphatic heterocycles. The minimum atomic E-state index is 0.125. The highest BCUT2D eigenvalue weighted by Crippen LogP contribution is 2.23. The Bertz CT molecular complexity index is 409. The van der Waals surface area contributed by atoms with E-state index in [2.05, 4.69) is 10.1 Å². The van der Waals surface area contributed by atoms with Crippen molar-refractivity contribution in [3.63, 3.8) is 0 Å².